The number of likely N-dealkylation sites (tertiary alicyclic amines) is 1. The molecule has 1 aliphatic heterocycles. The molecule has 1 saturated carbocycles. The molecule has 0 radical (unpaired) electrons. The molecular weight excluding hydrogens is 232 g/mol. The standard InChI is InChI=1S/C13H22N2O3/c1-8-6-7-15(11(8)12(16)17)13(18)14-9(2)10-4-3-5-10/h8-11H,3-7H2,1-2H3,(H,14,18)(H,16,17). The summed E-state index contributed by atoms with van der Waals surface area (Å²) in [6.07, 6.45) is 4.34. The molecule has 2 fully saturated rings. The van der Waals surface area contributed by atoms with Crippen molar-refractivity contribution in [1.82, 2.24) is 10.2 Å². The Bertz CT molecular complexity index is 341. The second-order valence-electron chi connectivity index (χ2n) is 5.67. The van der Waals surface area contributed by atoms with Crippen LogP contribution in [0, 0.1) is 11.8 Å². The minimum absolute atomic E-state index is 0.0345. The first kappa shape index (κ1) is 13.2. The predicted octanol–water partition coefficient (Wildman–Crippen LogP) is 1.68. The van der Waals surface area contributed by atoms with Gasteiger partial charge < -0.3 is 15.3 Å². The Morgan fingerprint density at radius 2 is 2.00 bits per heavy atom. The number of rotatable bonds is 3. The summed E-state index contributed by atoms with van der Waals surface area (Å²) in [5.41, 5.74) is 0. The molecule has 2 amide bonds. The van der Waals surface area contributed by atoms with Crippen LogP contribution in [0.15, 0.2) is 0 Å². The zero-order valence-corrected chi connectivity index (χ0v) is 11.1. The number of amides is 2. The number of carbonyl (C=O) groups excluding carboxylic acids is 1. The number of carboxylic acids is 1. The van der Waals surface area contributed by atoms with Gasteiger partial charge in [0.05, 0.1) is 0 Å². The highest BCUT2D eigenvalue weighted by atomic mass is 16.4. The number of carboxylic acid groups (broad SMARTS) is 1. The van der Waals surface area contributed by atoms with Crippen LogP contribution in [-0.4, -0.2) is 40.6 Å². The van der Waals surface area contributed by atoms with Gasteiger partial charge in [-0.05, 0) is 38.0 Å². The molecule has 3 atom stereocenters. The number of hydrogen-bond acceptors (Lipinski definition) is 2. The summed E-state index contributed by atoms with van der Waals surface area (Å²) in [5, 5.41) is 12.1. The second-order valence-corrected chi connectivity index (χ2v) is 5.67. The highest BCUT2D eigenvalue weighted by Crippen LogP contribution is 2.30. The van der Waals surface area contributed by atoms with Gasteiger partial charge in [-0.25, -0.2) is 9.59 Å². The zero-order valence-electron chi connectivity index (χ0n) is 11.1. The van der Waals surface area contributed by atoms with Crippen molar-refractivity contribution >= 4 is 12.0 Å². The van der Waals surface area contributed by atoms with E-state index in [1.165, 1.54) is 24.2 Å². The topological polar surface area (TPSA) is 69.6 Å². The van der Waals surface area contributed by atoms with Gasteiger partial charge >= 0.3 is 12.0 Å². The van der Waals surface area contributed by atoms with Gasteiger partial charge in [-0.2, -0.15) is 0 Å². The lowest BCUT2D eigenvalue weighted by atomic mass is 9.80. The van der Waals surface area contributed by atoms with Crippen molar-refractivity contribution < 1.29 is 14.7 Å². The summed E-state index contributed by atoms with van der Waals surface area (Å²) in [7, 11) is 0. The maximum atomic E-state index is 12.1. The van der Waals surface area contributed by atoms with Crippen molar-refractivity contribution in [3.8, 4) is 0 Å². The zero-order chi connectivity index (χ0) is 13.3. The predicted molar refractivity (Wildman–Crippen MR) is 67.2 cm³/mol. The van der Waals surface area contributed by atoms with Crippen molar-refractivity contribution in [3.05, 3.63) is 0 Å². The molecule has 102 valence electrons. The molecular formula is C13H22N2O3. The van der Waals surface area contributed by atoms with Crippen LogP contribution in [0.5, 0.6) is 0 Å². The number of nitrogens with one attached hydrogen (secondary N) is 1. The number of carbonyl (C=O) groups is 2. The first-order valence-electron chi connectivity index (χ1n) is 6.80. The Balaban J connectivity index is 1.93. The Labute approximate surface area is 108 Å². The van der Waals surface area contributed by atoms with Crippen molar-refractivity contribution in [3.63, 3.8) is 0 Å². The van der Waals surface area contributed by atoms with Crippen molar-refractivity contribution in [2.24, 2.45) is 11.8 Å². The normalized spacial score (nSPS) is 29.8. The smallest absolute Gasteiger partial charge is 0.326 e. The van der Waals surface area contributed by atoms with E-state index in [4.69, 9.17) is 0 Å². The Kier molecular flexibility index (Phi) is 3.78. The Morgan fingerprint density at radius 3 is 2.50 bits per heavy atom. The third-order valence-corrected chi connectivity index (χ3v) is 4.42. The van der Waals surface area contributed by atoms with Crippen LogP contribution >= 0.6 is 0 Å². The van der Waals surface area contributed by atoms with Crippen molar-refractivity contribution in [1.29, 1.82) is 0 Å². The molecule has 5 nitrogen and oxygen atoms in total. The average molecular weight is 254 g/mol. The third kappa shape index (κ3) is 2.44. The van der Waals surface area contributed by atoms with E-state index < -0.39 is 12.0 Å². The molecule has 2 rings (SSSR count). The van der Waals surface area contributed by atoms with E-state index in [0.717, 1.165) is 6.42 Å². The molecule has 1 aliphatic carbocycles. The molecule has 1 heterocycles. The summed E-state index contributed by atoms with van der Waals surface area (Å²) in [6.45, 7) is 4.44. The second kappa shape index (κ2) is 5.16. The molecule has 3 unspecified atom stereocenters. The molecule has 0 aromatic rings. The van der Waals surface area contributed by atoms with Crippen LogP contribution in [0.25, 0.3) is 0 Å². The number of aliphatic carboxylic acids is 1. The lowest BCUT2D eigenvalue weighted by molar-refractivity contribution is -0.142. The van der Waals surface area contributed by atoms with E-state index in [-0.39, 0.29) is 18.0 Å². The summed E-state index contributed by atoms with van der Waals surface area (Å²) in [4.78, 5) is 24.8. The van der Waals surface area contributed by atoms with Crippen LogP contribution in [-0.2, 0) is 4.79 Å². The molecule has 18 heavy (non-hydrogen) atoms. The van der Waals surface area contributed by atoms with E-state index in [0.29, 0.717) is 12.5 Å². The van der Waals surface area contributed by atoms with Crippen LogP contribution in [0.2, 0.25) is 0 Å². The largest absolute Gasteiger partial charge is 0.480 e. The highest BCUT2D eigenvalue weighted by Gasteiger charge is 2.40. The van der Waals surface area contributed by atoms with E-state index >= 15 is 0 Å². The summed E-state index contributed by atoms with van der Waals surface area (Å²) in [5.74, 6) is -0.295. The van der Waals surface area contributed by atoms with Gasteiger partial charge in [0.25, 0.3) is 0 Å². The Morgan fingerprint density at radius 1 is 1.33 bits per heavy atom. The molecule has 0 bridgehead atoms. The van der Waals surface area contributed by atoms with Crippen molar-refractivity contribution in [2.75, 3.05) is 6.54 Å². The molecule has 2 aliphatic rings. The fourth-order valence-electron chi connectivity index (χ4n) is 2.89. The van der Waals surface area contributed by atoms with Crippen LogP contribution in [0.1, 0.15) is 39.5 Å². The lowest BCUT2D eigenvalue weighted by Gasteiger charge is -2.33. The van der Waals surface area contributed by atoms with Crippen LogP contribution < -0.4 is 5.32 Å². The molecule has 0 spiro atoms. The van der Waals surface area contributed by atoms with Gasteiger partial charge in [-0.3, -0.25) is 0 Å². The van der Waals surface area contributed by atoms with Gasteiger partial charge in [0, 0.05) is 12.6 Å². The highest BCUT2D eigenvalue weighted by molar-refractivity contribution is 5.83. The molecule has 5 heteroatoms. The van der Waals surface area contributed by atoms with Gasteiger partial charge in [-0.15, -0.1) is 0 Å². The Hall–Kier alpha value is -1.26. The minimum atomic E-state index is -0.897. The summed E-state index contributed by atoms with van der Waals surface area (Å²) in [6, 6.07) is -0.735. The summed E-state index contributed by atoms with van der Waals surface area (Å²) < 4.78 is 0. The molecule has 1 saturated heterocycles. The molecule has 0 aromatic heterocycles. The fraction of sp³-hybridized carbons (Fsp3) is 0.846. The number of hydrogen-bond donors (Lipinski definition) is 2. The lowest BCUT2D eigenvalue weighted by Crippen LogP contribution is -2.51. The number of nitrogens with zero attached hydrogens (tertiary/aromatic N) is 1. The van der Waals surface area contributed by atoms with E-state index in [1.807, 2.05) is 13.8 Å². The number of urea groups is 1. The van der Waals surface area contributed by atoms with Gasteiger partial charge in [-0.1, -0.05) is 13.3 Å². The van der Waals surface area contributed by atoms with Crippen LogP contribution in [0.4, 0.5) is 4.79 Å². The van der Waals surface area contributed by atoms with Crippen LogP contribution in [0.3, 0.4) is 0 Å². The van der Waals surface area contributed by atoms with Crippen molar-refractivity contribution in [2.45, 2.75) is 51.6 Å². The van der Waals surface area contributed by atoms with Gasteiger partial charge in [0.15, 0.2) is 0 Å². The molecule has 0 aromatic carbocycles. The monoisotopic (exact) mass is 254 g/mol. The van der Waals surface area contributed by atoms with E-state index in [9.17, 15) is 14.7 Å². The average Bonchev–Trinajstić information content (AvgIpc) is 2.56. The van der Waals surface area contributed by atoms with Gasteiger partial charge in [0.2, 0.25) is 0 Å². The first-order chi connectivity index (χ1) is 8.50. The van der Waals surface area contributed by atoms with E-state index in [1.54, 1.807) is 0 Å². The van der Waals surface area contributed by atoms with Gasteiger partial charge in [0.1, 0.15) is 6.04 Å². The van der Waals surface area contributed by atoms with E-state index in [2.05, 4.69) is 5.32 Å². The maximum Gasteiger partial charge on any atom is 0.326 e. The third-order valence-electron chi connectivity index (χ3n) is 4.42. The quantitative estimate of drug-likeness (QED) is 0.805. The maximum absolute atomic E-state index is 12.1. The first-order valence-corrected chi connectivity index (χ1v) is 6.80. The molecule has 2 N–H and O–H groups in total. The SMILES string of the molecule is CC1CCN(C(=O)NC(C)C2CCC2)C1C(=O)O. The fourth-order valence-corrected chi connectivity index (χ4v) is 2.89. The minimum Gasteiger partial charge on any atom is -0.480 e. The summed E-state index contributed by atoms with van der Waals surface area (Å²) >= 11 is 0.